The Morgan fingerprint density at radius 2 is 0.815 bits per heavy atom. The van der Waals surface area contributed by atoms with Crippen LogP contribution >= 0.6 is 0 Å². The predicted octanol–water partition coefficient (Wildman–Crippen LogP) is 7.80. The molecule has 4 nitrogen and oxygen atoms in total. The fourth-order valence-corrected chi connectivity index (χ4v) is 10.2. The molecule has 0 saturated carbocycles. The highest BCUT2D eigenvalue weighted by Gasteiger charge is 2.50. The number of aromatic nitrogens is 1. The number of fused-ring (bicyclic) bond motifs is 13. The molecule has 6 heteroatoms. The third kappa shape index (κ3) is 3.51. The Balaban J connectivity index is 1.17. The van der Waals surface area contributed by atoms with Gasteiger partial charge in [-0.15, -0.1) is 0 Å². The highest BCUT2D eigenvalue weighted by molar-refractivity contribution is 7.04. The van der Waals surface area contributed by atoms with Crippen LogP contribution < -0.4 is 47.3 Å². The Bertz CT molecular complexity index is 3030. The van der Waals surface area contributed by atoms with E-state index < -0.39 is 0 Å². The highest BCUT2D eigenvalue weighted by atomic mass is 16.5. The number of hydrogen-bond acceptors (Lipinski definition) is 3. The van der Waals surface area contributed by atoms with Crippen molar-refractivity contribution >= 4 is 102 Å². The second-order valence-corrected chi connectivity index (χ2v) is 14.8. The third-order valence-electron chi connectivity index (χ3n) is 12.2. The number of ether oxygens (including phenoxy) is 1. The molecule has 5 heterocycles. The zero-order valence-corrected chi connectivity index (χ0v) is 29.1. The first-order valence-electron chi connectivity index (χ1n) is 18.8. The standard InChI is InChI=1S/C48H29B2N3O/c1-7-21-36-30(15-1)31-16-2-8-22-37(31)51(36)41-26-12-13-27-42(41)52-38-23-9-3-17-32(38)49-33-18-4-10-24-39(33)53-40-25-11-5-19-34(40)50-35-20-6-14-28-44(35)54-45-29-43(52)46(49)48(53)47(45)50/h1-29H. The summed E-state index contributed by atoms with van der Waals surface area (Å²) in [4.78, 5) is 5.06. The average molecular weight is 685 g/mol. The fourth-order valence-electron chi connectivity index (χ4n) is 10.2. The van der Waals surface area contributed by atoms with Crippen molar-refractivity contribution in [1.29, 1.82) is 0 Å². The molecular formula is C48H29B2N3O. The molecule has 0 amide bonds. The fraction of sp³-hybridized carbons (Fsp3) is 0. The van der Waals surface area contributed by atoms with E-state index in [2.05, 4.69) is 190 Å². The summed E-state index contributed by atoms with van der Waals surface area (Å²) in [5.41, 5.74) is 18.4. The van der Waals surface area contributed by atoms with Crippen LogP contribution in [0.3, 0.4) is 0 Å². The lowest BCUT2D eigenvalue weighted by atomic mass is 9.29. The first kappa shape index (κ1) is 28.6. The van der Waals surface area contributed by atoms with Crippen molar-refractivity contribution in [2.75, 3.05) is 9.80 Å². The minimum atomic E-state index is 0.0451. The van der Waals surface area contributed by atoms with Gasteiger partial charge in [0.15, 0.2) is 0 Å². The maximum atomic E-state index is 7.03. The summed E-state index contributed by atoms with van der Waals surface area (Å²) in [6.07, 6.45) is 0. The van der Waals surface area contributed by atoms with Crippen molar-refractivity contribution in [2.24, 2.45) is 0 Å². The van der Waals surface area contributed by atoms with Crippen LogP contribution in [0.15, 0.2) is 176 Å². The normalized spacial score (nSPS) is 13.9. The summed E-state index contributed by atoms with van der Waals surface area (Å²) in [5.74, 6) is 1.84. The van der Waals surface area contributed by atoms with Gasteiger partial charge in [-0.25, -0.2) is 0 Å². The van der Waals surface area contributed by atoms with Crippen molar-refractivity contribution in [3.05, 3.63) is 176 Å². The Kier molecular flexibility index (Phi) is 5.50. The molecular weight excluding hydrogens is 656 g/mol. The van der Waals surface area contributed by atoms with Crippen LogP contribution in [0, 0.1) is 0 Å². The first-order valence-corrected chi connectivity index (χ1v) is 18.8. The molecule has 0 spiro atoms. The number of benzene rings is 8. The summed E-state index contributed by atoms with van der Waals surface area (Å²) in [6, 6.07) is 64.5. The van der Waals surface area contributed by atoms with Gasteiger partial charge in [-0.1, -0.05) is 121 Å². The van der Waals surface area contributed by atoms with E-state index in [0.717, 1.165) is 28.6 Å². The van der Waals surface area contributed by atoms with Crippen LogP contribution in [0.1, 0.15) is 0 Å². The molecule has 0 unspecified atom stereocenters. The van der Waals surface area contributed by atoms with E-state index in [0.29, 0.717) is 0 Å². The second kappa shape index (κ2) is 10.4. The molecule has 0 bridgehead atoms. The van der Waals surface area contributed by atoms with Crippen molar-refractivity contribution < 1.29 is 4.74 Å². The van der Waals surface area contributed by atoms with Gasteiger partial charge in [0.1, 0.15) is 11.5 Å². The SMILES string of the molecule is c1ccc2c(c1)Oc1cc3c4c5c1B2c1ccccc1N5c1ccccc1B4c1ccccc1N3c1ccccc1-n1c2ccccc2c2ccccc21. The monoisotopic (exact) mass is 685 g/mol. The molecule has 8 aromatic carbocycles. The van der Waals surface area contributed by atoms with Crippen LogP contribution in [-0.2, 0) is 0 Å². The molecule has 13 rings (SSSR count). The van der Waals surface area contributed by atoms with E-state index >= 15 is 0 Å². The van der Waals surface area contributed by atoms with Crippen LogP contribution in [0.5, 0.6) is 11.5 Å². The van der Waals surface area contributed by atoms with Gasteiger partial charge in [-0.3, -0.25) is 0 Å². The largest absolute Gasteiger partial charge is 0.458 e. The molecule has 1 aromatic heterocycles. The highest BCUT2D eigenvalue weighted by Crippen LogP contribution is 2.49. The molecule has 248 valence electrons. The topological polar surface area (TPSA) is 20.6 Å². The molecule has 0 N–H and O–H groups in total. The van der Waals surface area contributed by atoms with E-state index in [1.165, 1.54) is 77.3 Å². The molecule has 0 aliphatic carbocycles. The van der Waals surface area contributed by atoms with Gasteiger partial charge < -0.3 is 19.1 Å². The summed E-state index contributed by atoms with van der Waals surface area (Å²) in [5, 5.41) is 2.50. The van der Waals surface area contributed by atoms with Gasteiger partial charge in [-0.05, 0) is 81.3 Å². The molecule has 4 aliphatic heterocycles. The van der Waals surface area contributed by atoms with Crippen molar-refractivity contribution in [3.63, 3.8) is 0 Å². The van der Waals surface area contributed by atoms with E-state index in [1.807, 2.05) is 0 Å². The van der Waals surface area contributed by atoms with Crippen molar-refractivity contribution in [2.45, 2.75) is 0 Å². The van der Waals surface area contributed by atoms with Gasteiger partial charge >= 0.3 is 0 Å². The van der Waals surface area contributed by atoms with Gasteiger partial charge in [-0.2, -0.15) is 0 Å². The predicted molar refractivity (Wildman–Crippen MR) is 226 cm³/mol. The molecule has 4 aliphatic rings. The van der Waals surface area contributed by atoms with Crippen LogP contribution in [0.4, 0.5) is 34.1 Å². The summed E-state index contributed by atoms with van der Waals surface area (Å²) >= 11 is 0. The number of nitrogens with zero attached hydrogens (tertiary/aromatic N) is 3. The number of hydrogen-bond donors (Lipinski definition) is 0. The Morgan fingerprint density at radius 3 is 1.44 bits per heavy atom. The molecule has 0 saturated heterocycles. The lowest BCUT2D eigenvalue weighted by Gasteiger charge is -2.49. The molecule has 0 fully saturated rings. The molecule has 9 aromatic rings. The van der Waals surface area contributed by atoms with E-state index in [-0.39, 0.29) is 13.4 Å². The van der Waals surface area contributed by atoms with Gasteiger partial charge in [0, 0.05) is 45.3 Å². The summed E-state index contributed by atoms with van der Waals surface area (Å²) in [7, 11) is 0. The van der Waals surface area contributed by atoms with E-state index in [9.17, 15) is 0 Å². The van der Waals surface area contributed by atoms with Crippen LogP contribution in [-0.4, -0.2) is 18.0 Å². The summed E-state index contributed by atoms with van der Waals surface area (Å²) < 4.78 is 9.48. The minimum absolute atomic E-state index is 0.0451. The van der Waals surface area contributed by atoms with Gasteiger partial charge in [0.25, 0.3) is 13.4 Å². The smallest absolute Gasteiger partial charge is 0.256 e. The van der Waals surface area contributed by atoms with Crippen molar-refractivity contribution in [1.82, 2.24) is 4.57 Å². The molecule has 0 atom stereocenters. The molecule has 0 radical (unpaired) electrons. The lowest BCUT2D eigenvalue weighted by Crippen LogP contribution is -2.67. The lowest BCUT2D eigenvalue weighted by molar-refractivity contribution is 0.488. The zero-order valence-electron chi connectivity index (χ0n) is 29.1. The minimum Gasteiger partial charge on any atom is -0.458 e. The van der Waals surface area contributed by atoms with Crippen LogP contribution in [0.25, 0.3) is 27.5 Å². The van der Waals surface area contributed by atoms with E-state index in [1.54, 1.807) is 0 Å². The third-order valence-corrected chi connectivity index (χ3v) is 12.2. The maximum absolute atomic E-state index is 7.03. The Labute approximate surface area is 313 Å². The maximum Gasteiger partial charge on any atom is 0.256 e. The summed E-state index contributed by atoms with van der Waals surface area (Å²) in [6.45, 7) is 0.0998. The number of anilines is 6. The number of rotatable bonds is 2. The average Bonchev–Trinajstić information content (AvgIpc) is 3.57. The second-order valence-electron chi connectivity index (χ2n) is 14.8. The van der Waals surface area contributed by atoms with Gasteiger partial charge in [0.2, 0.25) is 0 Å². The Morgan fingerprint density at radius 1 is 0.352 bits per heavy atom. The first-order chi connectivity index (χ1) is 26.8. The van der Waals surface area contributed by atoms with Gasteiger partial charge in [0.05, 0.1) is 22.4 Å². The Hall–Kier alpha value is -6.91. The van der Waals surface area contributed by atoms with E-state index in [4.69, 9.17) is 4.74 Å². The zero-order chi connectivity index (χ0) is 35.1. The number of para-hydroxylation sites is 8. The van der Waals surface area contributed by atoms with Crippen LogP contribution in [0.2, 0.25) is 0 Å². The van der Waals surface area contributed by atoms with Crippen molar-refractivity contribution in [3.8, 4) is 17.2 Å². The quantitative estimate of drug-likeness (QED) is 0.173. The molecule has 54 heavy (non-hydrogen) atoms.